The van der Waals surface area contributed by atoms with Gasteiger partial charge in [-0.25, -0.2) is 0 Å². The van der Waals surface area contributed by atoms with Crippen LogP contribution in [0.5, 0.6) is 0 Å². The van der Waals surface area contributed by atoms with Crippen molar-refractivity contribution in [1.82, 2.24) is 4.72 Å². The molecule has 1 heterocycles. The quantitative estimate of drug-likeness (QED) is 0.823. The Kier molecular flexibility index (Phi) is 4.44. The van der Waals surface area contributed by atoms with E-state index in [0.717, 1.165) is 24.1 Å². The molecule has 2 rings (SSSR count). The summed E-state index contributed by atoms with van der Waals surface area (Å²) in [6, 6.07) is 7.66. The molecule has 0 saturated carbocycles. The molecular formula is C13H21N3O2S. The van der Waals surface area contributed by atoms with Crippen LogP contribution in [0.4, 0.5) is 5.69 Å². The molecule has 3 N–H and O–H groups in total. The number of fused-ring (bicyclic) bond motifs is 1. The highest BCUT2D eigenvalue weighted by Crippen LogP contribution is 2.38. The van der Waals surface area contributed by atoms with E-state index in [0.29, 0.717) is 19.6 Å². The van der Waals surface area contributed by atoms with E-state index in [-0.39, 0.29) is 5.92 Å². The average Bonchev–Trinajstić information content (AvgIpc) is 2.77. The zero-order valence-electron chi connectivity index (χ0n) is 11.2. The number of nitrogens with zero attached hydrogens (tertiary/aromatic N) is 1. The summed E-state index contributed by atoms with van der Waals surface area (Å²) in [4.78, 5) is 0. The highest BCUT2D eigenvalue weighted by molar-refractivity contribution is 7.90. The lowest BCUT2D eigenvalue weighted by Gasteiger charge is -2.20. The smallest absolute Gasteiger partial charge is 0.301 e. The maximum absolute atomic E-state index is 12.3. The van der Waals surface area contributed by atoms with Crippen LogP contribution in [0.25, 0.3) is 0 Å². The number of para-hydroxylation sites is 1. The molecule has 19 heavy (non-hydrogen) atoms. The van der Waals surface area contributed by atoms with Crippen LogP contribution in [-0.2, 0) is 10.2 Å². The molecule has 0 amide bonds. The third kappa shape index (κ3) is 2.91. The number of hydrogen-bond donors (Lipinski definition) is 2. The second kappa shape index (κ2) is 5.90. The van der Waals surface area contributed by atoms with Crippen molar-refractivity contribution in [3.05, 3.63) is 29.8 Å². The van der Waals surface area contributed by atoms with Gasteiger partial charge in [0.2, 0.25) is 0 Å². The van der Waals surface area contributed by atoms with Gasteiger partial charge in [-0.3, -0.25) is 4.31 Å². The Morgan fingerprint density at radius 2 is 2.16 bits per heavy atom. The Morgan fingerprint density at radius 3 is 2.84 bits per heavy atom. The highest BCUT2D eigenvalue weighted by atomic mass is 32.2. The zero-order chi connectivity index (χ0) is 13.9. The maximum Gasteiger partial charge on any atom is 0.301 e. The van der Waals surface area contributed by atoms with Crippen LogP contribution in [-0.4, -0.2) is 28.1 Å². The summed E-state index contributed by atoms with van der Waals surface area (Å²) in [6.07, 6.45) is 1.58. The normalized spacial score (nSPS) is 18.6. The van der Waals surface area contributed by atoms with Gasteiger partial charge in [-0.05, 0) is 31.0 Å². The van der Waals surface area contributed by atoms with Gasteiger partial charge in [-0.1, -0.05) is 25.1 Å². The molecule has 0 fully saturated rings. The molecule has 6 heteroatoms. The Morgan fingerprint density at radius 1 is 1.42 bits per heavy atom. The van der Waals surface area contributed by atoms with Crippen molar-refractivity contribution in [1.29, 1.82) is 0 Å². The van der Waals surface area contributed by atoms with E-state index >= 15 is 0 Å². The topological polar surface area (TPSA) is 75.4 Å². The Balaban J connectivity index is 2.29. The van der Waals surface area contributed by atoms with Gasteiger partial charge in [0.05, 0.1) is 5.69 Å². The van der Waals surface area contributed by atoms with Crippen LogP contribution in [0.1, 0.15) is 31.2 Å². The van der Waals surface area contributed by atoms with E-state index in [1.807, 2.05) is 31.2 Å². The van der Waals surface area contributed by atoms with Gasteiger partial charge in [0.15, 0.2) is 0 Å². The molecule has 0 radical (unpaired) electrons. The molecule has 1 aromatic carbocycles. The summed E-state index contributed by atoms with van der Waals surface area (Å²) < 4.78 is 28.7. The van der Waals surface area contributed by atoms with E-state index in [1.165, 1.54) is 4.31 Å². The van der Waals surface area contributed by atoms with Crippen LogP contribution < -0.4 is 14.8 Å². The first-order chi connectivity index (χ1) is 9.10. The molecule has 1 aromatic rings. The van der Waals surface area contributed by atoms with Crippen molar-refractivity contribution >= 4 is 15.9 Å². The van der Waals surface area contributed by atoms with Crippen molar-refractivity contribution in [2.24, 2.45) is 5.73 Å². The first-order valence-electron chi connectivity index (χ1n) is 6.66. The summed E-state index contributed by atoms with van der Waals surface area (Å²) in [5.74, 6) is 0.194. The Labute approximate surface area is 115 Å². The number of rotatable bonds is 6. The average molecular weight is 283 g/mol. The molecule has 0 saturated heterocycles. The van der Waals surface area contributed by atoms with E-state index in [2.05, 4.69) is 4.72 Å². The predicted molar refractivity (Wildman–Crippen MR) is 77.4 cm³/mol. The standard InChI is InChI=1S/C13H21N3O2S/c1-2-9-15-19(17,18)16-10-11(7-8-14)12-5-3-4-6-13(12)16/h3-6,11,15H,2,7-10,14H2,1H3. The lowest BCUT2D eigenvalue weighted by Crippen LogP contribution is -2.40. The summed E-state index contributed by atoms with van der Waals surface area (Å²) >= 11 is 0. The molecule has 5 nitrogen and oxygen atoms in total. The minimum atomic E-state index is -3.44. The van der Waals surface area contributed by atoms with Crippen LogP contribution in [0, 0.1) is 0 Å². The van der Waals surface area contributed by atoms with Gasteiger partial charge in [0.25, 0.3) is 0 Å². The van der Waals surface area contributed by atoms with Crippen molar-refractivity contribution in [3.63, 3.8) is 0 Å². The van der Waals surface area contributed by atoms with Gasteiger partial charge in [0.1, 0.15) is 0 Å². The summed E-state index contributed by atoms with van der Waals surface area (Å²) in [6.45, 7) is 3.45. The molecule has 0 aliphatic carbocycles. The molecule has 1 aliphatic heterocycles. The lowest BCUT2D eigenvalue weighted by atomic mass is 9.98. The fourth-order valence-corrected chi connectivity index (χ4v) is 3.86. The number of anilines is 1. The second-order valence-corrected chi connectivity index (χ2v) is 6.44. The molecule has 1 aliphatic rings. The fourth-order valence-electron chi connectivity index (χ4n) is 2.44. The Hall–Kier alpha value is -1.11. The van der Waals surface area contributed by atoms with E-state index in [1.54, 1.807) is 0 Å². The van der Waals surface area contributed by atoms with Crippen molar-refractivity contribution in [2.75, 3.05) is 23.9 Å². The third-order valence-corrected chi connectivity index (χ3v) is 4.87. The number of nitrogens with two attached hydrogens (primary N) is 1. The summed E-state index contributed by atoms with van der Waals surface area (Å²) in [5, 5.41) is 0. The largest absolute Gasteiger partial charge is 0.330 e. The number of nitrogens with one attached hydrogen (secondary N) is 1. The summed E-state index contributed by atoms with van der Waals surface area (Å²) in [5.41, 5.74) is 7.48. The van der Waals surface area contributed by atoms with Crippen LogP contribution in [0.15, 0.2) is 24.3 Å². The minimum absolute atomic E-state index is 0.194. The van der Waals surface area contributed by atoms with E-state index in [4.69, 9.17) is 5.73 Å². The summed E-state index contributed by atoms with van der Waals surface area (Å²) in [7, 11) is -3.44. The second-order valence-electron chi connectivity index (χ2n) is 4.76. The van der Waals surface area contributed by atoms with Crippen molar-refractivity contribution < 1.29 is 8.42 Å². The zero-order valence-corrected chi connectivity index (χ0v) is 12.0. The maximum atomic E-state index is 12.3. The van der Waals surface area contributed by atoms with Gasteiger partial charge < -0.3 is 5.73 Å². The molecule has 1 unspecified atom stereocenters. The lowest BCUT2D eigenvalue weighted by molar-refractivity contribution is 0.571. The van der Waals surface area contributed by atoms with E-state index in [9.17, 15) is 8.42 Å². The molecule has 1 atom stereocenters. The molecule has 0 spiro atoms. The van der Waals surface area contributed by atoms with Crippen LogP contribution in [0.3, 0.4) is 0 Å². The van der Waals surface area contributed by atoms with E-state index < -0.39 is 10.2 Å². The Bertz CT molecular complexity index is 530. The van der Waals surface area contributed by atoms with Crippen LogP contribution >= 0.6 is 0 Å². The van der Waals surface area contributed by atoms with Gasteiger partial charge >= 0.3 is 10.2 Å². The molecular weight excluding hydrogens is 262 g/mol. The van der Waals surface area contributed by atoms with Gasteiger partial charge in [0, 0.05) is 19.0 Å². The van der Waals surface area contributed by atoms with Gasteiger partial charge in [-0.2, -0.15) is 13.1 Å². The number of benzene rings is 1. The first-order valence-corrected chi connectivity index (χ1v) is 8.10. The van der Waals surface area contributed by atoms with Crippen molar-refractivity contribution in [2.45, 2.75) is 25.7 Å². The number of hydrogen-bond acceptors (Lipinski definition) is 3. The third-order valence-electron chi connectivity index (χ3n) is 3.37. The van der Waals surface area contributed by atoms with Gasteiger partial charge in [-0.15, -0.1) is 0 Å². The molecule has 0 aromatic heterocycles. The SMILES string of the molecule is CCCNS(=O)(=O)N1CC(CCN)c2ccccc21. The predicted octanol–water partition coefficient (Wildman–Crippen LogP) is 1.18. The van der Waals surface area contributed by atoms with Crippen molar-refractivity contribution in [3.8, 4) is 0 Å². The first kappa shape index (κ1) is 14.3. The minimum Gasteiger partial charge on any atom is -0.330 e. The molecule has 0 bridgehead atoms. The molecule has 106 valence electrons. The van der Waals surface area contributed by atoms with Crippen LogP contribution in [0.2, 0.25) is 0 Å². The fraction of sp³-hybridized carbons (Fsp3) is 0.538. The highest BCUT2D eigenvalue weighted by Gasteiger charge is 2.34. The monoisotopic (exact) mass is 283 g/mol.